The molecule has 1 N–H and O–H groups in total. The van der Waals surface area contributed by atoms with Crippen molar-refractivity contribution in [2.45, 2.75) is 16.7 Å². The van der Waals surface area contributed by atoms with Gasteiger partial charge in [-0.05, 0) is 47.1 Å². The summed E-state index contributed by atoms with van der Waals surface area (Å²) in [6.45, 7) is 1.98. The van der Waals surface area contributed by atoms with Crippen LogP contribution in [0.5, 0.6) is 5.75 Å². The third kappa shape index (κ3) is 3.43. The largest absolute Gasteiger partial charge is 0.506 e. The molecule has 0 saturated heterocycles. The van der Waals surface area contributed by atoms with E-state index in [0.29, 0.717) is 14.8 Å². The molecule has 0 spiro atoms. The molecule has 0 atom stereocenters. The van der Waals surface area contributed by atoms with Gasteiger partial charge in [0.25, 0.3) is 0 Å². The fourth-order valence-corrected chi connectivity index (χ4v) is 3.79. The molecule has 2 aromatic carbocycles. The van der Waals surface area contributed by atoms with Gasteiger partial charge in [-0.1, -0.05) is 29.5 Å². The molecule has 3 rings (SSSR count). The molecule has 7 heteroatoms. The summed E-state index contributed by atoms with van der Waals surface area (Å²) in [7, 11) is 1.19. The molecule has 1 aromatic heterocycles. The maximum absolute atomic E-state index is 12.0. The van der Waals surface area contributed by atoms with Crippen LogP contribution < -0.4 is 5.63 Å². The minimum atomic E-state index is -0.789. The van der Waals surface area contributed by atoms with Crippen molar-refractivity contribution in [3.8, 4) is 5.75 Å². The summed E-state index contributed by atoms with van der Waals surface area (Å²) in [6, 6.07) is 10.6. The van der Waals surface area contributed by atoms with E-state index in [0.717, 1.165) is 10.5 Å². The minimum absolute atomic E-state index is 0.00254. The zero-order chi connectivity index (χ0) is 18.1. The number of hydrogen-bond donors (Lipinski definition) is 1. The van der Waals surface area contributed by atoms with Gasteiger partial charge in [-0.25, -0.2) is 9.59 Å². The van der Waals surface area contributed by atoms with Crippen LogP contribution in [0.1, 0.15) is 15.9 Å². The van der Waals surface area contributed by atoms with Crippen molar-refractivity contribution in [1.82, 2.24) is 0 Å². The fraction of sp³-hybridized carbons (Fsp3) is 0.111. The highest BCUT2D eigenvalue weighted by molar-refractivity contribution is 9.10. The number of aryl methyl sites for hydroxylation is 1. The second-order valence-electron chi connectivity index (χ2n) is 5.30. The second kappa shape index (κ2) is 6.93. The number of hydrogen-bond acceptors (Lipinski definition) is 6. The van der Waals surface area contributed by atoms with E-state index in [2.05, 4.69) is 20.7 Å². The molecule has 0 aliphatic rings. The molecule has 0 radical (unpaired) electrons. The predicted molar refractivity (Wildman–Crippen MR) is 98.5 cm³/mol. The van der Waals surface area contributed by atoms with Crippen LogP contribution >= 0.6 is 27.7 Å². The number of methoxy groups -OCH3 is 1. The first-order valence-corrected chi connectivity index (χ1v) is 8.84. The van der Waals surface area contributed by atoms with Crippen molar-refractivity contribution >= 4 is 44.6 Å². The van der Waals surface area contributed by atoms with Gasteiger partial charge in [-0.15, -0.1) is 0 Å². The standard InChI is InChI=1S/C18H13BrO5S/c1-9-3-5-10(6-4-9)25-16-11-7-12(17(21)23-2)18(22)24-14(11)8-13(19)15(16)20/h3-8,20H,1-2H3. The molecule has 0 aliphatic carbocycles. The Hall–Kier alpha value is -2.25. The van der Waals surface area contributed by atoms with E-state index in [-0.39, 0.29) is 16.9 Å². The topological polar surface area (TPSA) is 76.7 Å². The Morgan fingerprint density at radius 1 is 1.24 bits per heavy atom. The second-order valence-corrected chi connectivity index (χ2v) is 7.24. The number of phenolic OH excluding ortho intramolecular Hbond substituents is 1. The lowest BCUT2D eigenvalue weighted by atomic mass is 10.2. The highest BCUT2D eigenvalue weighted by Crippen LogP contribution is 2.43. The van der Waals surface area contributed by atoms with Gasteiger partial charge in [0.05, 0.1) is 16.5 Å². The van der Waals surface area contributed by atoms with Crippen molar-refractivity contribution in [2.24, 2.45) is 0 Å². The van der Waals surface area contributed by atoms with Gasteiger partial charge in [-0.2, -0.15) is 0 Å². The molecule has 0 amide bonds. The van der Waals surface area contributed by atoms with E-state index in [9.17, 15) is 14.7 Å². The number of fused-ring (bicyclic) bond motifs is 1. The van der Waals surface area contributed by atoms with Gasteiger partial charge >= 0.3 is 11.6 Å². The Morgan fingerprint density at radius 3 is 2.56 bits per heavy atom. The molecule has 0 saturated carbocycles. The molecule has 1 heterocycles. The van der Waals surface area contributed by atoms with E-state index < -0.39 is 11.6 Å². The number of benzene rings is 2. The quantitative estimate of drug-likeness (QED) is 0.496. The maximum Gasteiger partial charge on any atom is 0.351 e. The molecule has 3 aromatic rings. The average molecular weight is 421 g/mol. The zero-order valence-corrected chi connectivity index (χ0v) is 15.7. The summed E-state index contributed by atoms with van der Waals surface area (Å²) in [5.41, 5.74) is 0.370. The van der Waals surface area contributed by atoms with Crippen molar-refractivity contribution in [3.05, 3.63) is 62.4 Å². The van der Waals surface area contributed by atoms with Crippen molar-refractivity contribution in [2.75, 3.05) is 7.11 Å². The molecule has 25 heavy (non-hydrogen) atoms. The smallest absolute Gasteiger partial charge is 0.351 e. The lowest BCUT2D eigenvalue weighted by Crippen LogP contribution is -2.15. The zero-order valence-electron chi connectivity index (χ0n) is 13.3. The van der Waals surface area contributed by atoms with Gasteiger partial charge in [0, 0.05) is 10.3 Å². The fourth-order valence-electron chi connectivity index (χ4n) is 2.27. The first-order chi connectivity index (χ1) is 11.9. The Bertz CT molecular complexity index is 1020. The highest BCUT2D eigenvalue weighted by Gasteiger charge is 2.20. The molecule has 128 valence electrons. The summed E-state index contributed by atoms with van der Waals surface area (Å²) >= 11 is 4.57. The van der Waals surface area contributed by atoms with Crippen LogP contribution in [-0.2, 0) is 4.74 Å². The van der Waals surface area contributed by atoms with Crippen LogP contribution in [0.25, 0.3) is 11.0 Å². The van der Waals surface area contributed by atoms with E-state index >= 15 is 0 Å². The van der Waals surface area contributed by atoms with E-state index in [4.69, 9.17) is 4.42 Å². The van der Waals surface area contributed by atoms with Gasteiger partial charge in [-0.3, -0.25) is 0 Å². The van der Waals surface area contributed by atoms with Gasteiger partial charge in [0.2, 0.25) is 0 Å². The number of carbonyl (C=O) groups is 1. The maximum atomic E-state index is 12.0. The summed E-state index contributed by atoms with van der Waals surface area (Å²) in [5, 5.41) is 10.9. The SMILES string of the molecule is COC(=O)c1cc2c(Sc3ccc(C)cc3)c(O)c(Br)cc2oc1=O. The third-order valence-corrected chi connectivity index (χ3v) is 5.30. The number of phenols is 1. The number of carbonyl (C=O) groups excluding carboxylic acids is 1. The van der Waals surface area contributed by atoms with Crippen LogP contribution in [-0.4, -0.2) is 18.2 Å². The van der Waals surface area contributed by atoms with Crippen LogP contribution in [0.2, 0.25) is 0 Å². The van der Waals surface area contributed by atoms with Crippen LogP contribution in [0.4, 0.5) is 0 Å². The number of ether oxygens (including phenoxy) is 1. The normalized spacial score (nSPS) is 10.8. The Morgan fingerprint density at radius 2 is 1.92 bits per heavy atom. The molecule has 0 bridgehead atoms. The Balaban J connectivity index is 2.24. The summed E-state index contributed by atoms with van der Waals surface area (Å²) in [6.07, 6.45) is 0. The first kappa shape index (κ1) is 17.6. The highest BCUT2D eigenvalue weighted by atomic mass is 79.9. The molecule has 5 nitrogen and oxygen atoms in total. The third-order valence-electron chi connectivity index (χ3n) is 3.57. The number of halogens is 1. The first-order valence-electron chi connectivity index (χ1n) is 7.23. The van der Waals surface area contributed by atoms with Crippen molar-refractivity contribution in [3.63, 3.8) is 0 Å². The molecular weight excluding hydrogens is 408 g/mol. The van der Waals surface area contributed by atoms with Crippen LogP contribution in [0.3, 0.4) is 0 Å². The molecule has 0 fully saturated rings. The summed E-state index contributed by atoms with van der Waals surface area (Å²) in [4.78, 5) is 25.1. The molecule has 0 aliphatic heterocycles. The Labute approximate surface area is 155 Å². The lowest BCUT2D eigenvalue weighted by Gasteiger charge is -2.11. The van der Waals surface area contributed by atoms with Gasteiger partial charge < -0.3 is 14.3 Å². The number of aromatic hydroxyl groups is 1. The molecule has 0 unspecified atom stereocenters. The minimum Gasteiger partial charge on any atom is -0.506 e. The van der Waals surface area contributed by atoms with Gasteiger partial charge in [0.1, 0.15) is 16.9 Å². The van der Waals surface area contributed by atoms with E-state index in [1.54, 1.807) is 0 Å². The monoisotopic (exact) mass is 420 g/mol. The van der Waals surface area contributed by atoms with Gasteiger partial charge in [0.15, 0.2) is 0 Å². The van der Waals surface area contributed by atoms with Crippen LogP contribution in [0.15, 0.2) is 59.9 Å². The van der Waals surface area contributed by atoms with E-state index in [1.165, 1.54) is 31.0 Å². The lowest BCUT2D eigenvalue weighted by molar-refractivity contribution is 0.0596. The van der Waals surface area contributed by atoms with E-state index in [1.807, 2.05) is 31.2 Å². The molecular formula is C18H13BrO5S. The summed E-state index contributed by atoms with van der Waals surface area (Å²) < 4.78 is 10.2. The van der Waals surface area contributed by atoms with Crippen molar-refractivity contribution < 1.29 is 19.1 Å². The number of rotatable bonds is 3. The average Bonchev–Trinajstić information content (AvgIpc) is 2.59. The predicted octanol–water partition coefficient (Wildman–Crippen LogP) is 4.51. The summed E-state index contributed by atoms with van der Waals surface area (Å²) in [5.74, 6) is -0.785. The number of esters is 1. The Kier molecular flexibility index (Phi) is 4.87. The van der Waals surface area contributed by atoms with Crippen LogP contribution in [0, 0.1) is 6.92 Å². The van der Waals surface area contributed by atoms with Crippen molar-refractivity contribution in [1.29, 1.82) is 0 Å².